The zero-order valence-corrected chi connectivity index (χ0v) is 10.7. The molecule has 0 spiro atoms. The summed E-state index contributed by atoms with van der Waals surface area (Å²) in [5.41, 5.74) is -0.400. The number of nitrogens with one attached hydrogen (secondary N) is 2. The first-order valence-corrected chi connectivity index (χ1v) is 5.28. The summed E-state index contributed by atoms with van der Waals surface area (Å²) < 4.78 is 5.14. The van der Waals surface area contributed by atoms with E-state index in [9.17, 15) is 4.79 Å². The Labute approximate surface area is 92.8 Å². The Morgan fingerprint density at radius 1 is 1.13 bits per heavy atom. The molecule has 0 bridgehead atoms. The molecule has 4 nitrogen and oxygen atoms in total. The minimum absolute atomic E-state index is 0.0334. The topological polar surface area (TPSA) is 50.4 Å². The number of alkyl carbamates (subject to hydrolysis) is 1. The summed E-state index contributed by atoms with van der Waals surface area (Å²) in [6.45, 7) is 11.2. The highest BCUT2D eigenvalue weighted by Gasteiger charge is 2.20. The second-order valence-corrected chi connectivity index (χ2v) is 5.55. The van der Waals surface area contributed by atoms with Gasteiger partial charge >= 0.3 is 6.09 Å². The third-order valence-electron chi connectivity index (χ3n) is 1.77. The SMILES string of the molecule is CNCC(C)(C)CNC(=O)OC(C)(C)C. The third-order valence-corrected chi connectivity index (χ3v) is 1.77. The molecule has 4 heteroatoms. The zero-order valence-electron chi connectivity index (χ0n) is 10.7. The van der Waals surface area contributed by atoms with Crippen molar-refractivity contribution in [3.05, 3.63) is 0 Å². The predicted molar refractivity (Wildman–Crippen MR) is 61.9 cm³/mol. The van der Waals surface area contributed by atoms with Gasteiger partial charge < -0.3 is 15.4 Å². The van der Waals surface area contributed by atoms with E-state index in [4.69, 9.17) is 4.74 Å². The van der Waals surface area contributed by atoms with Crippen LogP contribution < -0.4 is 10.6 Å². The van der Waals surface area contributed by atoms with E-state index in [0.29, 0.717) is 6.54 Å². The fraction of sp³-hybridized carbons (Fsp3) is 0.909. The molecular formula is C11H24N2O2. The van der Waals surface area contributed by atoms with Gasteiger partial charge in [-0.15, -0.1) is 0 Å². The highest BCUT2D eigenvalue weighted by Crippen LogP contribution is 2.12. The van der Waals surface area contributed by atoms with E-state index in [0.717, 1.165) is 6.54 Å². The first-order chi connectivity index (χ1) is 6.66. The zero-order chi connectivity index (χ0) is 12.1. The molecule has 0 heterocycles. The van der Waals surface area contributed by atoms with Crippen LogP contribution in [0, 0.1) is 5.41 Å². The summed E-state index contributed by atoms with van der Waals surface area (Å²) in [5.74, 6) is 0. The maximum Gasteiger partial charge on any atom is 0.407 e. The van der Waals surface area contributed by atoms with Crippen molar-refractivity contribution in [2.24, 2.45) is 5.41 Å². The maximum atomic E-state index is 11.4. The van der Waals surface area contributed by atoms with E-state index < -0.39 is 5.60 Å². The summed E-state index contributed by atoms with van der Waals surface area (Å²) in [6.07, 6.45) is -0.355. The molecule has 0 unspecified atom stereocenters. The lowest BCUT2D eigenvalue weighted by Gasteiger charge is -2.26. The van der Waals surface area contributed by atoms with Gasteiger partial charge in [-0.3, -0.25) is 0 Å². The summed E-state index contributed by atoms with van der Waals surface area (Å²) in [7, 11) is 1.90. The number of ether oxygens (including phenoxy) is 1. The van der Waals surface area contributed by atoms with Gasteiger partial charge in [0.15, 0.2) is 0 Å². The fourth-order valence-corrected chi connectivity index (χ4v) is 1.17. The largest absolute Gasteiger partial charge is 0.444 e. The van der Waals surface area contributed by atoms with Gasteiger partial charge in [0.1, 0.15) is 5.60 Å². The molecule has 0 aliphatic rings. The Hall–Kier alpha value is -0.770. The molecule has 0 atom stereocenters. The lowest BCUT2D eigenvalue weighted by molar-refractivity contribution is 0.0507. The maximum absolute atomic E-state index is 11.4. The van der Waals surface area contributed by atoms with Gasteiger partial charge in [-0.25, -0.2) is 4.79 Å². The highest BCUT2D eigenvalue weighted by molar-refractivity contribution is 5.67. The van der Waals surface area contributed by atoms with Gasteiger partial charge in [0.05, 0.1) is 0 Å². The molecule has 0 saturated carbocycles. The molecule has 0 aromatic rings. The van der Waals surface area contributed by atoms with Crippen LogP contribution in [0.1, 0.15) is 34.6 Å². The van der Waals surface area contributed by atoms with E-state index in [1.807, 2.05) is 27.8 Å². The van der Waals surface area contributed by atoms with Crippen molar-refractivity contribution >= 4 is 6.09 Å². The Kier molecular flexibility index (Phi) is 5.08. The Balaban J connectivity index is 3.90. The summed E-state index contributed by atoms with van der Waals surface area (Å²) in [4.78, 5) is 11.4. The number of rotatable bonds is 4. The van der Waals surface area contributed by atoms with E-state index in [-0.39, 0.29) is 11.5 Å². The molecular weight excluding hydrogens is 192 g/mol. The molecule has 0 aliphatic carbocycles. The van der Waals surface area contributed by atoms with Crippen molar-refractivity contribution in [3.8, 4) is 0 Å². The molecule has 0 saturated heterocycles. The average molecular weight is 216 g/mol. The number of carbonyl (C=O) groups excluding carboxylic acids is 1. The first kappa shape index (κ1) is 14.2. The van der Waals surface area contributed by atoms with Crippen LogP contribution in [0.3, 0.4) is 0 Å². The van der Waals surface area contributed by atoms with Crippen molar-refractivity contribution in [1.82, 2.24) is 10.6 Å². The molecule has 0 rings (SSSR count). The number of hydrogen-bond acceptors (Lipinski definition) is 3. The molecule has 0 radical (unpaired) electrons. The van der Waals surface area contributed by atoms with E-state index >= 15 is 0 Å². The van der Waals surface area contributed by atoms with Crippen molar-refractivity contribution < 1.29 is 9.53 Å². The van der Waals surface area contributed by atoms with Crippen LogP contribution >= 0.6 is 0 Å². The Bertz CT molecular complexity index is 207. The van der Waals surface area contributed by atoms with Crippen LogP contribution in [0.25, 0.3) is 0 Å². The lowest BCUT2D eigenvalue weighted by atomic mass is 9.94. The van der Waals surface area contributed by atoms with Gasteiger partial charge in [0, 0.05) is 13.1 Å². The lowest BCUT2D eigenvalue weighted by Crippen LogP contribution is -2.41. The molecule has 1 amide bonds. The smallest absolute Gasteiger partial charge is 0.407 e. The average Bonchev–Trinajstić information content (AvgIpc) is 1.98. The molecule has 0 fully saturated rings. The van der Waals surface area contributed by atoms with E-state index in [1.165, 1.54) is 0 Å². The third kappa shape index (κ3) is 8.24. The minimum Gasteiger partial charge on any atom is -0.444 e. The molecule has 0 aromatic carbocycles. The highest BCUT2D eigenvalue weighted by atomic mass is 16.6. The van der Waals surface area contributed by atoms with Gasteiger partial charge in [-0.05, 0) is 33.2 Å². The van der Waals surface area contributed by atoms with Gasteiger partial charge in [0.25, 0.3) is 0 Å². The number of amides is 1. The van der Waals surface area contributed by atoms with Crippen molar-refractivity contribution in [2.75, 3.05) is 20.1 Å². The van der Waals surface area contributed by atoms with Crippen LogP contribution in [0.4, 0.5) is 4.79 Å². The summed E-state index contributed by atoms with van der Waals surface area (Å²) >= 11 is 0. The van der Waals surface area contributed by atoms with Crippen LogP contribution in [0.5, 0.6) is 0 Å². The second kappa shape index (κ2) is 5.35. The van der Waals surface area contributed by atoms with Crippen molar-refractivity contribution in [1.29, 1.82) is 0 Å². The Morgan fingerprint density at radius 3 is 2.07 bits per heavy atom. The van der Waals surface area contributed by atoms with Crippen LogP contribution in [-0.4, -0.2) is 31.8 Å². The van der Waals surface area contributed by atoms with Crippen LogP contribution in [0.2, 0.25) is 0 Å². The monoisotopic (exact) mass is 216 g/mol. The predicted octanol–water partition coefficient (Wildman–Crippen LogP) is 1.76. The van der Waals surface area contributed by atoms with Crippen LogP contribution in [0.15, 0.2) is 0 Å². The summed E-state index contributed by atoms with van der Waals surface area (Å²) in [6, 6.07) is 0. The molecule has 90 valence electrons. The summed E-state index contributed by atoms with van der Waals surface area (Å²) in [5, 5.41) is 5.85. The second-order valence-electron chi connectivity index (χ2n) is 5.55. The number of carbonyl (C=O) groups is 1. The van der Waals surface area contributed by atoms with Crippen LogP contribution in [-0.2, 0) is 4.74 Å². The minimum atomic E-state index is -0.433. The van der Waals surface area contributed by atoms with E-state index in [1.54, 1.807) is 0 Å². The quantitative estimate of drug-likeness (QED) is 0.753. The molecule has 15 heavy (non-hydrogen) atoms. The molecule has 2 N–H and O–H groups in total. The standard InChI is InChI=1S/C11H24N2O2/c1-10(2,3)15-9(14)13-8-11(4,5)7-12-6/h12H,7-8H2,1-6H3,(H,13,14). The normalized spacial score (nSPS) is 12.4. The molecule has 0 aliphatic heterocycles. The van der Waals surface area contributed by atoms with Gasteiger partial charge in [-0.2, -0.15) is 0 Å². The van der Waals surface area contributed by atoms with Gasteiger partial charge in [0.2, 0.25) is 0 Å². The molecule has 0 aromatic heterocycles. The number of hydrogen-bond donors (Lipinski definition) is 2. The Morgan fingerprint density at radius 2 is 1.67 bits per heavy atom. The van der Waals surface area contributed by atoms with Gasteiger partial charge in [-0.1, -0.05) is 13.8 Å². The van der Waals surface area contributed by atoms with Crippen molar-refractivity contribution in [2.45, 2.75) is 40.2 Å². The van der Waals surface area contributed by atoms with Crippen molar-refractivity contribution in [3.63, 3.8) is 0 Å². The first-order valence-electron chi connectivity index (χ1n) is 5.28. The van der Waals surface area contributed by atoms with E-state index in [2.05, 4.69) is 24.5 Å². The fourth-order valence-electron chi connectivity index (χ4n) is 1.17.